The Labute approximate surface area is 96.9 Å². The molecule has 16 heavy (non-hydrogen) atoms. The van der Waals surface area contributed by atoms with Gasteiger partial charge in [0.15, 0.2) is 5.83 Å². The Hall–Kier alpha value is -0.740. The highest BCUT2D eigenvalue weighted by Crippen LogP contribution is 2.15. The molecule has 0 aromatic heterocycles. The van der Waals surface area contributed by atoms with Crippen molar-refractivity contribution in [2.75, 3.05) is 32.7 Å². The molecule has 1 fully saturated rings. The van der Waals surface area contributed by atoms with Gasteiger partial charge in [0, 0.05) is 31.7 Å². The fraction of sp³-hybridized carbons (Fsp3) is 0.750. The molecule has 0 amide bonds. The van der Waals surface area contributed by atoms with Crippen LogP contribution in [-0.2, 0) is 4.79 Å². The number of ketones is 1. The number of rotatable bonds is 3. The quantitative estimate of drug-likeness (QED) is 0.683. The van der Waals surface area contributed by atoms with Gasteiger partial charge < -0.3 is 0 Å². The van der Waals surface area contributed by atoms with E-state index in [-0.39, 0.29) is 12.1 Å². The molecule has 0 saturated carbocycles. The highest BCUT2D eigenvalue weighted by Gasteiger charge is 2.26. The first-order valence-electron chi connectivity index (χ1n) is 5.65. The van der Waals surface area contributed by atoms with E-state index in [0.717, 1.165) is 26.2 Å². The normalized spacial score (nSPS) is 19.8. The van der Waals surface area contributed by atoms with Crippen LogP contribution >= 0.6 is 0 Å². The lowest BCUT2D eigenvalue weighted by atomic mass is 10.0. The van der Waals surface area contributed by atoms with E-state index in [0.29, 0.717) is 0 Å². The minimum atomic E-state index is -0.835. The summed E-state index contributed by atoms with van der Waals surface area (Å²) in [6.45, 7) is 13.2. The fourth-order valence-corrected chi connectivity index (χ4v) is 1.87. The predicted molar refractivity (Wildman–Crippen MR) is 63.0 cm³/mol. The van der Waals surface area contributed by atoms with Crippen LogP contribution in [0.15, 0.2) is 12.4 Å². The average molecular weight is 228 g/mol. The molecule has 1 rings (SSSR count). The molecule has 0 aliphatic carbocycles. The van der Waals surface area contributed by atoms with Crippen molar-refractivity contribution in [1.82, 2.24) is 9.80 Å². The van der Waals surface area contributed by atoms with Crippen molar-refractivity contribution in [3.63, 3.8) is 0 Å². The third-order valence-electron chi connectivity index (χ3n) is 2.99. The molecule has 0 atom stereocenters. The molecule has 1 saturated heterocycles. The Morgan fingerprint density at radius 2 is 1.75 bits per heavy atom. The highest BCUT2D eigenvalue weighted by atomic mass is 19.1. The maximum Gasteiger partial charge on any atom is 0.204 e. The molecule has 0 radical (unpaired) electrons. The van der Waals surface area contributed by atoms with Gasteiger partial charge in [0.05, 0.1) is 6.54 Å². The molecule has 1 aliphatic rings. The molecule has 0 N–H and O–H groups in total. The number of nitrogens with zero attached hydrogens (tertiary/aromatic N) is 2. The first-order valence-corrected chi connectivity index (χ1v) is 5.65. The van der Waals surface area contributed by atoms with Gasteiger partial charge in [-0.25, -0.2) is 4.39 Å². The standard InChI is InChI=1S/C12H21FN2O/c1-10(13)11(16)9-14-5-7-15(8-6-14)12(2,3)4/h1,5-9H2,2-4H3. The summed E-state index contributed by atoms with van der Waals surface area (Å²) in [5.41, 5.74) is 0.166. The Bertz CT molecular complexity index is 275. The maximum atomic E-state index is 12.5. The lowest BCUT2D eigenvalue weighted by molar-refractivity contribution is -0.118. The van der Waals surface area contributed by atoms with Crippen molar-refractivity contribution in [2.24, 2.45) is 0 Å². The van der Waals surface area contributed by atoms with Crippen LogP contribution < -0.4 is 0 Å². The molecular formula is C12H21FN2O. The van der Waals surface area contributed by atoms with E-state index < -0.39 is 11.6 Å². The summed E-state index contributed by atoms with van der Waals surface area (Å²) in [5, 5.41) is 0. The van der Waals surface area contributed by atoms with Crippen LogP contribution in [-0.4, -0.2) is 53.8 Å². The molecule has 0 aromatic carbocycles. The van der Waals surface area contributed by atoms with Crippen LogP contribution in [0, 0.1) is 0 Å². The average Bonchev–Trinajstić information content (AvgIpc) is 2.17. The van der Waals surface area contributed by atoms with Gasteiger partial charge in [-0.05, 0) is 20.8 Å². The molecular weight excluding hydrogens is 207 g/mol. The molecule has 92 valence electrons. The van der Waals surface area contributed by atoms with Crippen molar-refractivity contribution in [3.8, 4) is 0 Å². The molecule has 3 nitrogen and oxygen atoms in total. The van der Waals surface area contributed by atoms with Gasteiger partial charge in [-0.1, -0.05) is 6.58 Å². The zero-order chi connectivity index (χ0) is 12.3. The van der Waals surface area contributed by atoms with Crippen molar-refractivity contribution < 1.29 is 9.18 Å². The Kier molecular flexibility index (Phi) is 4.21. The van der Waals surface area contributed by atoms with Gasteiger partial charge in [-0.2, -0.15) is 0 Å². The lowest BCUT2D eigenvalue weighted by Gasteiger charge is -2.42. The molecule has 1 aliphatic heterocycles. The molecule has 1 heterocycles. The van der Waals surface area contributed by atoms with Gasteiger partial charge in [-0.15, -0.1) is 0 Å². The second-order valence-electron chi connectivity index (χ2n) is 5.26. The zero-order valence-corrected chi connectivity index (χ0v) is 10.4. The van der Waals surface area contributed by atoms with Crippen LogP contribution in [0.5, 0.6) is 0 Å². The molecule has 0 aromatic rings. The number of piperazine rings is 1. The largest absolute Gasteiger partial charge is 0.296 e. The molecule has 0 unspecified atom stereocenters. The van der Waals surface area contributed by atoms with Crippen molar-refractivity contribution in [2.45, 2.75) is 26.3 Å². The van der Waals surface area contributed by atoms with Crippen molar-refractivity contribution >= 4 is 5.78 Å². The van der Waals surface area contributed by atoms with Gasteiger partial charge in [-0.3, -0.25) is 14.6 Å². The molecule has 0 spiro atoms. The van der Waals surface area contributed by atoms with Gasteiger partial charge >= 0.3 is 0 Å². The van der Waals surface area contributed by atoms with E-state index >= 15 is 0 Å². The van der Waals surface area contributed by atoms with E-state index in [4.69, 9.17) is 0 Å². The third kappa shape index (κ3) is 3.68. The summed E-state index contributed by atoms with van der Waals surface area (Å²) in [6.07, 6.45) is 0. The first kappa shape index (κ1) is 13.3. The summed E-state index contributed by atoms with van der Waals surface area (Å²) in [4.78, 5) is 15.5. The van der Waals surface area contributed by atoms with E-state index in [1.807, 2.05) is 4.90 Å². The lowest BCUT2D eigenvalue weighted by Crippen LogP contribution is -2.54. The van der Waals surface area contributed by atoms with Gasteiger partial charge in [0.25, 0.3) is 0 Å². The minimum Gasteiger partial charge on any atom is -0.296 e. The minimum absolute atomic E-state index is 0.160. The highest BCUT2D eigenvalue weighted by molar-refractivity contribution is 5.94. The van der Waals surface area contributed by atoms with E-state index in [2.05, 4.69) is 32.3 Å². The van der Waals surface area contributed by atoms with E-state index in [9.17, 15) is 9.18 Å². The van der Waals surface area contributed by atoms with E-state index in [1.165, 1.54) is 0 Å². The summed E-state index contributed by atoms with van der Waals surface area (Å²) < 4.78 is 12.5. The van der Waals surface area contributed by atoms with Crippen LogP contribution in [0.1, 0.15) is 20.8 Å². The van der Waals surface area contributed by atoms with Crippen molar-refractivity contribution in [3.05, 3.63) is 12.4 Å². The fourth-order valence-electron chi connectivity index (χ4n) is 1.87. The molecule has 4 heteroatoms. The van der Waals surface area contributed by atoms with E-state index in [1.54, 1.807) is 0 Å². The smallest absolute Gasteiger partial charge is 0.204 e. The second kappa shape index (κ2) is 5.06. The number of carbonyl (C=O) groups is 1. The zero-order valence-electron chi connectivity index (χ0n) is 10.4. The second-order valence-corrected chi connectivity index (χ2v) is 5.26. The Balaban J connectivity index is 2.38. The van der Waals surface area contributed by atoms with Crippen LogP contribution in [0.25, 0.3) is 0 Å². The van der Waals surface area contributed by atoms with Crippen LogP contribution in [0.4, 0.5) is 4.39 Å². The van der Waals surface area contributed by atoms with Crippen LogP contribution in [0.3, 0.4) is 0 Å². The SMILES string of the molecule is C=C(F)C(=O)CN1CCN(C(C)(C)C)CC1. The monoisotopic (exact) mass is 228 g/mol. The summed E-state index contributed by atoms with van der Waals surface area (Å²) >= 11 is 0. The Morgan fingerprint density at radius 1 is 1.25 bits per heavy atom. The third-order valence-corrected chi connectivity index (χ3v) is 2.99. The van der Waals surface area contributed by atoms with Crippen molar-refractivity contribution in [1.29, 1.82) is 0 Å². The topological polar surface area (TPSA) is 23.6 Å². The van der Waals surface area contributed by atoms with Gasteiger partial charge in [0.1, 0.15) is 0 Å². The Morgan fingerprint density at radius 3 is 2.12 bits per heavy atom. The number of carbonyl (C=O) groups excluding carboxylic acids is 1. The number of halogens is 1. The first-order chi connectivity index (χ1) is 7.30. The summed E-state index contributed by atoms with van der Waals surface area (Å²) in [7, 11) is 0. The maximum absolute atomic E-state index is 12.5. The number of hydrogen-bond acceptors (Lipinski definition) is 3. The van der Waals surface area contributed by atoms with Gasteiger partial charge in [0.2, 0.25) is 5.78 Å². The predicted octanol–water partition coefficient (Wildman–Crippen LogP) is 1.45. The van der Waals surface area contributed by atoms with Crippen LogP contribution in [0.2, 0.25) is 0 Å². The number of hydrogen-bond donors (Lipinski definition) is 0. The molecule has 0 bridgehead atoms. The summed E-state index contributed by atoms with van der Waals surface area (Å²) in [6, 6.07) is 0. The number of Topliss-reactive ketones (excluding diaryl/α,β-unsaturated/α-hetero) is 1. The summed E-state index contributed by atoms with van der Waals surface area (Å²) in [5.74, 6) is -1.33.